The smallest absolute Gasteiger partial charge is 0.253 e. The van der Waals surface area contributed by atoms with E-state index in [2.05, 4.69) is 32.3 Å². The second-order valence-corrected chi connectivity index (χ2v) is 9.17. The van der Waals surface area contributed by atoms with Crippen molar-refractivity contribution < 1.29 is 9.47 Å². The number of ether oxygens (including phenoxy) is 2. The maximum Gasteiger partial charge on any atom is 0.253 e. The van der Waals surface area contributed by atoms with Gasteiger partial charge in [-0.1, -0.05) is 37.3 Å². The zero-order chi connectivity index (χ0) is 24.4. The zero-order valence-corrected chi connectivity index (χ0v) is 20.3. The van der Waals surface area contributed by atoms with Crippen molar-refractivity contribution in [1.82, 2.24) is 30.1 Å². The molecule has 5 rings (SSSR count). The molecule has 0 spiro atoms. The number of fused-ring (bicyclic) bond motifs is 1. The van der Waals surface area contributed by atoms with E-state index in [-0.39, 0.29) is 11.6 Å². The van der Waals surface area contributed by atoms with Crippen molar-refractivity contribution in [1.29, 1.82) is 0 Å². The molecule has 1 fully saturated rings. The lowest BCUT2D eigenvalue weighted by molar-refractivity contribution is 0.141. The molecule has 35 heavy (non-hydrogen) atoms. The molecule has 0 radical (unpaired) electrons. The summed E-state index contributed by atoms with van der Waals surface area (Å²) in [5.74, 6) is 2.36. The standard InChI is InChI=1S/C26H30N6O3/c1-17-8-7-11-31(15-17)24(25-28-29-30-32(25)16-18-9-5-4-6-10-18)20-12-19-13-22(34-2)23(35-3)14-21(19)27-26(20)33/h4-6,9-10,12-14,17,24H,7-8,11,15-16H2,1-3H3,(H,27,33)/t17-,24+/m0/s1. The SMILES string of the molecule is COc1cc2cc([C@H](c3nnnn3Cc3ccccc3)N3CCC[C@H](C)C3)c(=O)[nH]c2cc1OC. The molecule has 9 heteroatoms. The summed E-state index contributed by atoms with van der Waals surface area (Å²) in [4.78, 5) is 18.9. The second-order valence-electron chi connectivity index (χ2n) is 9.17. The van der Waals surface area contributed by atoms with Gasteiger partial charge in [0.25, 0.3) is 5.56 Å². The normalized spacial score (nSPS) is 17.4. The Morgan fingerprint density at radius 2 is 1.89 bits per heavy atom. The van der Waals surface area contributed by atoms with Crippen molar-refractivity contribution in [2.45, 2.75) is 32.4 Å². The molecule has 1 aliphatic rings. The number of rotatable bonds is 7. The fourth-order valence-electron chi connectivity index (χ4n) is 4.99. The first-order valence-electron chi connectivity index (χ1n) is 11.9. The number of hydrogen-bond acceptors (Lipinski definition) is 7. The maximum atomic E-state index is 13.5. The first-order valence-corrected chi connectivity index (χ1v) is 11.9. The van der Waals surface area contributed by atoms with Gasteiger partial charge >= 0.3 is 0 Å². The topological polar surface area (TPSA) is 98.2 Å². The molecule has 1 aliphatic heterocycles. The summed E-state index contributed by atoms with van der Waals surface area (Å²) in [5, 5.41) is 13.6. The number of nitrogens with one attached hydrogen (secondary N) is 1. The number of likely N-dealkylation sites (tertiary alicyclic amines) is 1. The minimum absolute atomic E-state index is 0.165. The lowest BCUT2D eigenvalue weighted by Crippen LogP contribution is -2.41. The minimum atomic E-state index is -0.377. The van der Waals surface area contributed by atoms with Crippen LogP contribution in [-0.2, 0) is 6.54 Å². The van der Waals surface area contributed by atoms with Crippen molar-refractivity contribution in [2.75, 3.05) is 27.3 Å². The number of benzene rings is 2. The summed E-state index contributed by atoms with van der Waals surface area (Å²) in [7, 11) is 3.18. The molecule has 2 aromatic carbocycles. The van der Waals surface area contributed by atoms with E-state index in [9.17, 15) is 4.79 Å². The Bertz CT molecular complexity index is 1370. The highest BCUT2D eigenvalue weighted by Crippen LogP contribution is 2.34. The number of pyridine rings is 1. The summed E-state index contributed by atoms with van der Waals surface area (Å²) in [6.45, 7) is 4.51. The van der Waals surface area contributed by atoms with Gasteiger partial charge in [-0.2, -0.15) is 0 Å². The van der Waals surface area contributed by atoms with Gasteiger partial charge in [0.15, 0.2) is 17.3 Å². The van der Waals surface area contributed by atoms with Gasteiger partial charge in [0.05, 0.1) is 26.3 Å². The fourth-order valence-corrected chi connectivity index (χ4v) is 4.99. The Balaban J connectivity index is 1.64. The fraction of sp³-hybridized carbons (Fsp3) is 0.385. The summed E-state index contributed by atoms with van der Waals surface area (Å²) >= 11 is 0. The molecule has 3 heterocycles. The van der Waals surface area contributed by atoms with Crippen molar-refractivity contribution in [3.8, 4) is 11.5 Å². The lowest BCUT2D eigenvalue weighted by Gasteiger charge is -2.36. The Kier molecular flexibility index (Phi) is 6.50. The maximum absolute atomic E-state index is 13.5. The van der Waals surface area contributed by atoms with Crippen LogP contribution in [0.25, 0.3) is 10.9 Å². The number of tetrazole rings is 1. The van der Waals surface area contributed by atoms with Gasteiger partial charge in [-0.15, -0.1) is 5.10 Å². The molecule has 1 saturated heterocycles. The Hall–Kier alpha value is -3.72. The molecule has 0 unspecified atom stereocenters. The van der Waals surface area contributed by atoms with Crippen molar-refractivity contribution in [2.24, 2.45) is 5.92 Å². The van der Waals surface area contributed by atoms with E-state index in [1.54, 1.807) is 25.0 Å². The van der Waals surface area contributed by atoms with Crippen LogP contribution in [0, 0.1) is 5.92 Å². The zero-order valence-electron chi connectivity index (χ0n) is 20.3. The number of piperidine rings is 1. The van der Waals surface area contributed by atoms with Gasteiger partial charge in [0, 0.05) is 23.6 Å². The summed E-state index contributed by atoms with van der Waals surface area (Å²) in [5.41, 5.74) is 2.23. The molecule has 0 saturated carbocycles. The average Bonchev–Trinajstić information content (AvgIpc) is 3.32. The lowest BCUT2D eigenvalue weighted by atomic mass is 9.95. The van der Waals surface area contributed by atoms with Crippen LogP contribution in [0.4, 0.5) is 0 Å². The minimum Gasteiger partial charge on any atom is -0.493 e. The van der Waals surface area contributed by atoms with Gasteiger partial charge in [-0.25, -0.2) is 4.68 Å². The first-order chi connectivity index (χ1) is 17.1. The van der Waals surface area contributed by atoms with E-state index in [0.717, 1.165) is 30.5 Å². The molecule has 2 aromatic heterocycles. The molecule has 0 bridgehead atoms. The van der Waals surface area contributed by atoms with Crippen LogP contribution >= 0.6 is 0 Å². The van der Waals surface area contributed by atoms with Crippen molar-refractivity contribution in [3.05, 3.63) is 75.8 Å². The van der Waals surface area contributed by atoms with E-state index in [0.29, 0.717) is 40.9 Å². The third-order valence-corrected chi connectivity index (χ3v) is 6.70. The molecule has 4 aromatic rings. The third kappa shape index (κ3) is 4.64. The molecular formula is C26H30N6O3. The monoisotopic (exact) mass is 474 g/mol. The highest BCUT2D eigenvalue weighted by Gasteiger charge is 2.33. The molecular weight excluding hydrogens is 444 g/mol. The first kappa shape index (κ1) is 23.0. The highest BCUT2D eigenvalue weighted by atomic mass is 16.5. The predicted molar refractivity (Wildman–Crippen MR) is 133 cm³/mol. The molecule has 1 N–H and O–H groups in total. The van der Waals surface area contributed by atoms with Crippen molar-refractivity contribution in [3.63, 3.8) is 0 Å². The van der Waals surface area contributed by atoms with Crippen molar-refractivity contribution >= 4 is 10.9 Å². The van der Waals surface area contributed by atoms with Crippen LogP contribution in [0.2, 0.25) is 0 Å². The Labute approximate surface area is 203 Å². The molecule has 2 atom stereocenters. The molecule has 182 valence electrons. The van der Waals surface area contributed by atoms with Crippen LogP contribution in [0.5, 0.6) is 11.5 Å². The molecule has 9 nitrogen and oxygen atoms in total. The number of aromatic nitrogens is 5. The average molecular weight is 475 g/mol. The number of H-pyrrole nitrogens is 1. The highest BCUT2D eigenvalue weighted by molar-refractivity contribution is 5.83. The quantitative estimate of drug-likeness (QED) is 0.438. The van der Waals surface area contributed by atoms with Gasteiger partial charge in [0.2, 0.25) is 0 Å². The Morgan fingerprint density at radius 3 is 2.63 bits per heavy atom. The van der Waals surface area contributed by atoms with Gasteiger partial charge in [-0.05, 0) is 53.4 Å². The predicted octanol–water partition coefficient (Wildman–Crippen LogP) is 3.40. The van der Waals surface area contributed by atoms with E-state index >= 15 is 0 Å². The van der Waals surface area contributed by atoms with Gasteiger partial charge < -0.3 is 14.5 Å². The largest absolute Gasteiger partial charge is 0.493 e. The number of hydrogen-bond donors (Lipinski definition) is 1. The van der Waals surface area contributed by atoms with E-state index in [4.69, 9.17) is 9.47 Å². The third-order valence-electron chi connectivity index (χ3n) is 6.70. The molecule has 0 aliphatic carbocycles. The van der Waals surface area contributed by atoms with E-state index in [1.807, 2.05) is 42.5 Å². The second kappa shape index (κ2) is 9.87. The summed E-state index contributed by atoms with van der Waals surface area (Å²) in [6, 6.07) is 15.3. The van der Waals surface area contributed by atoms with Gasteiger partial charge in [0.1, 0.15) is 6.04 Å². The van der Waals surface area contributed by atoms with Crippen LogP contribution in [0.1, 0.15) is 42.8 Å². The van der Waals surface area contributed by atoms with Crippen LogP contribution in [0.15, 0.2) is 53.3 Å². The molecule has 0 amide bonds. The van der Waals surface area contributed by atoms with E-state index in [1.165, 1.54) is 6.42 Å². The number of methoxy groups -OCH3 is 2. The van der Waals surface area contributed by atoms with Crippen LogP contribution < -0.4 is 15.0 Å². The number of nitrogens with zero attached hydrogens (tertiary/aromatic N) is 5. The van der Waals surface area contributed by atoms with Crippen LogP contribution in [0.3, 0.4) is 0 Å². The van der Waals surface area contributed by atoms with Gasteiger partial charge in [-0.3, -0.25) is 9.69 Å². The summed E-state index contributed by atoms with van der Waals surface area (Å²) < 4.78 is 12.7. The number of aromatic amines is 1. The summed E-state index contributed by atoms with van der Waals surface area (Å²) in [6.07, 6.45) is 2.23. The van der Waals surface area contributed by atoms with E-state index < -0.39 is 0 Å². The Morgan fingerprint density at radius 1 is 1.11 bits per heavy atom. The van der Waals surface area contributed by atoms with Crippen LogP contribution in [-0.4, -0.2) is 57.4 Å².